The lowest BCUT2D eigenvalue weighted by atomic mass is 9.99. The zero-order valence-electron chi connectivity index (χ0n) is 12.0. The van der Waals surface area contributed by atoms with Crippen molar-refractivity contribution >= 4 is 15.9 Å². The zero-order chi connectivity index (χ0) is 15.6. The summed E-state index contributed by atoms with van der Waals surface area (Å²) in [4.78, 5) is 0. The van der Waals surface area contributed by atoms with E-state index in [4.69, 9.17) is 9.47 Å². The number of rotatable bonds is 4. The van der Waals surface area contributed by atoms with Crippen LogP contribution in [0.25, 0.3) is 11.1 Å². The first kappa shape index (κ1) is 15.9. The smallest absolute Gasteiger partial charge is 0.188 e. The second-order valence-electron chi connectivity index (χ2n) is 4.76. The fourth-order valence-corrected chi connectivity index (χ4v) is 2.75. The molecule has 0 fully saturated rings. The number of hydrogen-bond donors (Lipinski definition) is 0. The second kappa shape index (κ2) is 6.54. The molecule has 21 heavy (non-hydrogen) atoms. The maximum atomic E-state index is 14.1. The predicted molar refractivity (Wildman–Crippen MR) is 81.5 cm³/mol. The molecule has 0 amide bonds. The summed E-state index contributed by atoms with van der Waals surface area (Å²) in [5.74, 6) is -0.729. The van der Waals surface area contributed by atoms with Crippen molar-refractivity contribution < 1.29 is 18.3 Å². The van der Waals surface area contributed by atoms with E-state index in [1.54, 1.807) is 13.0 Å². The standard InChI is InChI=1S/C16H15BrF2O2/c1-9-4-12(16(13(17)5-9)21-8-20-3)11-6-10(2)14(18)7-15(11)19/h4-7H,8H2,1-3H3. The first-order chi connectivity index (χ1) is 9.93. The zero-order valence-corrected chi connectivity index (χ0v) is 13.6. The molecule has 0 aliphatic rings. The molecule has 0 spiro atoms. The minimum absolute atomic E-state index is 0.0382. The molecular weight excluding hydrogens is 342 g/mol. The molecule has 0 heterocycles. The summed E-state index contributed by atoms with van der Waals surface area (Å²) < 4.78 is 38.7. The third kappa shape index (κ3) is 3.41. The van der Waals surface area contributed by atoms with Crippen LogP contribution >= 0.6 is 15.9 Å². The maximum Gasteiger partial charge on any atom is 0.188 e. The molecule has 0 N–H and O–H groups in total. The maximum absolute atomic E-state index is 14.1. The van der Waals surface area contributed by atoms with Gasteiger partial charge in [-0.15, -0.1) is 0 Å². The Labute approximate surface area is 130 Å². The third-order valence-electron chi connectivity index (χ3n) is 3.05. The van der Waals surface area contributed by atoms with Crippen LogP contribution in [0.3, 0.4) is 0 Å². The van der Waals surface area contributed by atoms with E-state index in [9.17, 15) is 8.78 Å². The van der Waals surface area contributed by atoms with Gasteiger partial charge in [-0.05, 0) is 59.1 Å². The van der Waals surface area contributed by atoms with Gasteiger partial charge in [-0.25, -0.2) is 8.78 Å². The molecule has 5 heteroatoms. The van der Waals surface area contributed by atoms with Crippen molar-refractivity contribution in [1.29, 1.82) is 0 Å². The summed E-state index contributed by atoms with van der Waals surface area (Å²) in [6.07, 6.45) is 0. The fraction of sp³-hybridized carbons (Fsp3) is 0.250. The minimum atomic E-state index is -0.627. The van der Waals surface area contributed by atoms with Gasteiger partial charge in [0.2, 0.25) is 0 Å². The van der Waals surface area contributed by atoms with Crippen LogP contribution in [0, 0.1) is 25.5 Å². The van der Waals surface area contributed by atoms with Crippen molar-refractivity contribution in [3.8, 4) is 16.9 Å². The van der Waals surface area contributed by atoms with Crippen LogP contribution in [0.5, 0.6) is 5.75 Å². The Hall–Kier alpha value is -1.46. The van der Waals surface area contributed by atoms with Gasteiger partial charge >= 0.3 is 0 Å². The largest absolute Gasteiger partial charge is 0.466 e. The fourth-order valence-electron chi connectivity index (χ4n) is 2.06. The molecule has 0 aromatic heterocycles. The highest BCUT2D eigenvalue weighted by Crippen LogP contribution is 2.39. The summed E-state index contributed by atoms with van der Waals surface area (Å²) in [6.45, 7) is 3.53. The van der Waals surface area contributed by atoms with Crippen LogP contribution in [0.4, 0.5) is 8.78 Å². The first-order valence-corrected chi connectivity index (χ1v) is 7.11. The SMILES string of the molecule is COCOc1c(Br)cc(C)cc1-c1cc(C)c(F)cc1F. The van der Waals surface area contributed by atoms with Gasteiger partial charge < -0.3 is 9.47 Å². The van der Waals surface area contributed by atoms with Crippen LogP contribution in [0.1, 0.15) is 11.1 Å². The van der Waals surface area contributed by atoms with E-state index in [2.05, 4.69) is 15.9 Å². The van der Waals surface area contributed by atoms with Crippen molar-refractivity contribution in [3.05, 3.63) is 51.5 Å². The molecule has 0 radical (unpaired) electrons. The Morgan fingerprint density at radius 1 is 1.00 bits per heavy atom. The van der Waals surface area contributed by atoms with Crippen LogP contribution in [0.15, 0.2) is 28.7 Å². The molecule has 0 aliphatic heterocycles. The number of ether oxygens (including phenoxy) is 2. The highest BCUT2D eigenvalue weighted by atomic mass is 79.9. The average molecular weight is 357 g/mol. The molecule has 0 unspecified atom stereocenters. The Kier molecular flexibility index (Phi) is 4.96. The van der Waals surface area contributed by atoms with Crippen LogP contribution in [-0.2, 0) is 4.74 Å². The normalized spacial score (nSPS) is 10.8. The minimum Gasteiger partial charge on any atom is -0.466 e. The number of halogens is 3. The van der Waals surface area contributed by atoms with Gasteiger partial charge in [0.1, 0.15) is 17.4 Å². The summed E-state index contributed by atoms with van der Waals surface area (Å²) in [5, 5.41) is 0. The molecule has 0 saturated carbocycles. The van der Waals surface area contributed by atoms with Crippen molar-refractivity contribution in [3.63, 3.8) is 0 Å². The predicted octanol–water partition coefficient (Wildman–Crippen LogP) is 4.99. The van der Waals surface area contributed by atoms with Gasteiger partial charge in [0.05, 0.1) is 4.47 Å². The second-order valence-corrected chi connectivity index (χ2v) is 5.61. The van der Waals surface area contributed by atoms with Crippen molar-refractivity contribution in [2.75, 3.05) is 13.9 Å². The number of methoxy groups -OCH3 is 1. The van der Waals surface area contributed by atoms with Gasteiger partial charge in [0.25, 0.3) is 0 Å². The molecule has 2 nitrogen and oxygen atoms in total. The highest BCUT2D eigenvalue weighted by molar-refractivity contribution is 9.10. The number of hydrogen-bond acceptors (Lipinski definition) is 2. The Morgan fingerprint density at radius 3 is 2.38 bits per heavy atom. The molecule has 0 saturated heterocycles. The molecule has 0 atom stereocenters. The van der Waals surface area contributed by atoms with Gasteiger partial charge in [0, 0.05) is 24.3 Å². The van der Waals surface area contributed by atoms with Crippen LogP contribution in [0.2, 0.25) is 0 Å². The molecule has 2 aromatic rings. The van der Waals surface area contributed by atoms with E-state index in [1.807, 2.05) is 13.0 Å². The van der Waals surface area contributed by atoms with E-state index in [1.165, 1.54) is 13.2 Å². The number of benzene rings is 2. The topological polar surface area (TPSA) is 18.5 Å². The Bertz CT molecular complexity index is 672. The number of aryl methyl sites for hydroxylation is 2. The lowest BCUT2D eigenvalue weighted by Gasteiger charge is -2.15. The summed E-state index contributed by atoms with van der Waals surface area (Å²) >= 11 is 3.41. The lowest BCUT2D eigenvalue weighted by molar-refractivity contribution is 0.0510. The van der Waals surface area contributed by atoms with Gasteiger partial charge in [-0.3, -0.25) is 0 Å². The summed E-state index contributed by atoms with van der Waals surface area (Å²) in [5.41, 5.74) is 2.16. The third-order valence-corrected chi connectivity index (χ3v) is 3.64. The molecule has 0 bridgehead atoms. The van der Waals surface area contributed by atoms with E-state index in [0.29, 0.717) is 26.9 Å². The highest BCUT2D eigenvalue weighted by Gasteiger charge is 2.17. The van der Waals surface area contributed by atoms with E-state index < -0.39 is 11.6 Å². The molecular formula is C16H15BrF2O2. The van der Waals surface area contributed by atoms with E-state index in [-0.39, 0.29) is 6.79 Å². The lowest BCUT2D eigenvalue weighted by Crippen LogP contribution is -2.02. The summed E-state index contributed by atoms with van der Waals surface area (Å²) in [7, 11) is 1.50. The summed E-state index contributed by atoms with van der Waals surface area (Å²) in [6, 6.07) is 6.03. The first-order valence-electron chi connectivity index (χ1n) is 6.32. The quantitative estimate of drug-likeness (QED) is 0.718. The van der Waals surface area contributed by atoms with Crippen molar-refractivity contribution in [2.45, 2.75) is 13.8 Å². The van der Waals surface area contributed by atoms with Crippen molar-refractivity contribution in [1.82, 2.24) is 0 Å². The Morgan fingerprint density at radius 2 is 1.71 bits per heavy atom. The van der Waals surface area contributed by atoms with E-state index >= 15 is 0 Å². The molecule has 2 aromatic carbocycles. The van der Waals surface area contributed by atoms with Gasteiger partial charge in [-0.1, -0.05) is 0 Å². The molecule has 0 aliphatic carbocycles. The van der Waals surface area contributed by atoms with Crippen molar-refractivity contribution in [2.24, 2.45) is 0 Å². The van der Waals surface area contributed by atoms with Crippen LogP contribution in [-0.4, -0.2) is 13.9 Å². The molecule has 2 rings (SSSR count). The molecule has 112 valence electrons. The monoisotopic (exact) mass is 356 g/mol. The van der Waals surface area contributed by atoms with Gasteiger partial charge in [0.15, 0.2) is 6.79 Å². The Balaban J connectivity index is 2.64. The van der Waals surface area contributed by atoms with Gasteiger partial charge in [-0.2, -0.15) is 0 Å². The van der Waals surface area contributed by atoms with E-state index in [0.717, 1.165) is 11.6 Å². The average Bonchev–Trinajstić information content (AvgIpc) is 2.41. The van der Waals surface area contributed by atoms with Crippen LogP contribution < -0.4 is 4.74 Å².